The smallest absolute Gasteiger partial charge is 0.315 e. The Morgan fingerprint density at radius 1 is 1.19 bits per heavy atom. The van der Waals surface area contributed by atoms with Gasteiger partial charge in [-0.05, 0) is 37.0 Å². The lowest BCUT2D eigenvalue weighted by Crippen LogP contribution is -2.49. The summed E-state index contributed by atoms with van der Waals surface area (Å²) in [5, 5.41) is 0. The fourth-order valence-electron chi connectivity index (χ4n) is 3.38. The maximum absolute atomic E-state index is 13.2. The minimum Gasteiger partial charge on any atom is -0.351 e. The topological polar surface area (TPSA) is 79.5 Å². The molecule has 136 valence electrons. The van der Waals surface area contributed by atoms with Crippen LogP contribution in [0.5, 0.6) is 0 Å². The molecule has 0 radical (unpaired) electrons. The van der Waals surface area contributed by atoms with Crippen LogP contribution < -0.4 is 5.73 Å². The highest BCUT2D eigenvalue weighted by Crippen LogP contribution is 2.21. The molecule has 1 aromatic heterocycles. The van der Waals surface area contributed by atoms with E-state index in [0.29, 0.717) is 26.1 Å². The number of amides is 3. The summed E-state index contributed by atoms with van der Waals surface area (Å²) >= 11 is 0. The molecular formula is C20H24N4O2. The first-order valence-corrected chi connectivity index (χ1v) is 8.85. The van der Waals surface area contributed by atoms with E-state index in [1.807, 2.05) is 49.4 Å². The van der Waals surface area contributed by atoms with Gasteiger partial charge in [-0.2, -0.15) is 0 Å². The second-order valence-electron chi connectivity index (χ2n) is 6.64. The number of aryl methyl sites for hydroxylation is 1. The third-order valence-corrected chi connectivity index (χ3v) is 4.81. The van der Waals surface area contributed by atoms with E-state index in [0.717, 1.165) is 23.2 Å². The molecule has 1 aliphatic heterocycles. The maximum atomic E-state index is 13.2. The number of rotatable bonds is 5. The predicted octanol–water partition coefficient (Wildman–Crippen LogP) is 2.46. The van der Waals surface area contributed by atoms with Crippen molar-refractivity contribution in [2.45, 2.75) is 38.9 Å². The minimum atomic E-state index is -0.533. The van der Waals surface area contributed by atoms with E-state index in [9.17, 15) is 9.59 Å². The number of benzene rings is 1. The van der Waals surface area contributed by atoms with Crippen LogP contribution in [0.1, 0.15) is 29.7 Å². The summed E-state index contributed by atoms with van der Waals surface area (Å²) in [6, 6.07) is 12.7. The summed E-state index contributed by atoms with van der Waals surface area (Å²) in [5.74, 6) is -0.0739. The highest BCUT2D eigenvalue weighted by Gasteiger charge is 2.35. The molecular weight excluding hydrogens is 328 g/mol. The van der Waals surface area contributed by atoms with Gasteiger partial charge >= 0.3 is 6.03 Å². The average molecular weight is 352 g/mol. The molecule has 6 heteroatoms. The summed E-state index contributed by atoms with van der Waals surface area (Å²) in [7, 11) is 0. The van der Waals surface area contributed by atoms with Crippen molar-refractivity contribution in [1.82, 2.24) is 14.8 Å². The lowest BCUT2D eigenvalue weighted by atomic mass is 10.1. The largest absolute Gasteiger partial charge is 0.351 e. The molecule has 1 aliphatic rings. The Kier molecular flexibility index (Phi) is 5.51. The summed E-state index contributed by atoms with van der Waals surface area (Å²) in [4.78, 5) is 32.6. The van der Waals surface area contributed by atoms with Crippen molar-refractivity contribution in [2.75, 3.05) is 6.54 Å². The van der Waals surface area contributed by atoms with E-state index in [1.165, 1.54) is 4.90 Å². The predicted molar refractivity (Wildman–Crippen MR) is 99.0 cm³/mol. The third-order valence-electron chi connectivity index (χ3n) is 4.81. The monoisotopic (exact) mass is 352 g/mol. The number of pyridine rings is 1. The highest BCUT2D eigenvalue weighted by atomic mass is 16.2. The van der Waals surface area contributed by atoms with Gasteiger partial charge in [-0.25, -0.2) is 4.79 Å². The van der Waals surface area contributed by atoms with E-state index >= 15 is 0 Å². The van der Waals surface area contributed by atoms with Gasteiger partial charge in [0.15, 0.2) is 0 Å². The zero-order valence-electron chi connectivity index (χ0n) is 15.0. The minimum absolute atomic E-state index is 0.0739. The van der Waals surface area contributed by atoms with Gasteiger partial charge in [-0.3, -0.25) is 9.78 Å². The lowest BCUT2D eigenvalue weighted by molar-refractivity contribution is -0.136. The fourth-order valence-corrected chi connectivity index (χ4v) is 3.38. The first kappa shape index (κ1) is 17.9. The number of urea groups is 1. The number of nitrogens with two attached hydrogens (primary N) is 1. The van der Waals surface area contributed by atoms with E-state index in [2.05, 4.69) is 4.98 Å². The normalized spacial score (nSPS) is 16.5. The van der Waals surface area contributed by atoms with Gasteiger partial charge in [0.25, 0.3) is 0 Å². The van der Waals surface area contributed by atoms with Crippen LogP contribution >= 0.6 is 0 Å². The Hall–Kier alpha value is -2.89. The number of nitrogens with zero attached hydrogens (tertiary/aromatic N) is 3. The van der Waals surface area contributed by atoms with Crippen molar-refractivity contribution in [3.8, 4) is 0 Å². The molecule has 2 heterocycles. The summed E-state index contributed by atoms with van der Waals surface area (Å²) in [6.45, 7) is 3.40. The van der Waals surface area contributed by atoms with Gasteiger partial charge in [0, 0.05) is 19.3 Å². The number of carbonyl (C=O) groups is 2. The van der Waals surface area contributed by atoms with Crippen LogP contribution in [0.3, 0.4) is 0 Å². The van der Waals surface area contributed by atoms with Crippen molar-refractivity contribution in [2.24, 2.45) is 5.73 Å². The Morgan fingerprint density at radius 2 is 1.96 bits per heavy atom. The van der Waals surface area contributed by atoms with Gasteiger partial charge < -0.3 is 15.5 Å². The molecule has 1 saturated heterocycles. The molecule has 0 bridgehead atoms. The van der Waals surface area contributed by atoms with Crippen molar-refractivity contribution in [1.29, 1.82) is 0 Å². The zero-order chi connectivity index (χ0) is 18.5. The second-order valence-corrected chi connectivity index (χ2v) is 6.64. The Labute approximate surface area is 153 Å². The molecule has 1 fully saturated rings. The van der Waals surface area contributed by atoms with Crippen LogP contribution in [0.4, 0.5) is 4.79 Å². The first-order chi connectivity index (χ1) is 12.6. The number of aromatic nitrogens is 1. The molecule has 2 aromatic rings. The molecule has 0 unspecified atom stereocenters. The van der Waals surface area contributed by atoms with Crippen LogP contribution in [0.15, 0.2) is 48.7 Å². The molecule has 0 saturated carbocycles. The third kappa shape index (κ3) is 4.02. The average Bonchev–Trinajstić information content (AvgIpc) is 3.13. The van der Waals surface area contributed by atoms with E-state index < -0.39 is 12.1 Å². The van der Waals surface area contributed by atoms with Crippen LogP contribution in [-0.2, 0) is 17.9 Å². The van der Waals surface area contributed by atoms with E-state index in [4.69, 9.17) is 5.73 Å². The number of hydrogen-bond donors (Lipinski definition) is 1. The molecule has 1 atom stereocenters. The SMILES string of the molecule is Cc1cccnc1CN(Cc1ccccc1)C(=O)[C@@H]1CCCN1C(N)=O. The van der Waals surface area contributed by atoms with Crippen LogP contribution in [0.2, 0.25) is 0 Å². The van der Waals surface area contributed by atoms with Gasteiger partial charge in [-0.15, -0.1) is 0 Å². The van der Waals surface area contributed by atoms with Crippen molar-refractivity contribution < 1.29 is 9.59 Å². The number of primary amides is 1. The van der Waals surface area contributed by atoms with Gasteiger partial charge in [0.1, 0.15) is 6.04 Å². The molecule has 1 aromatic carbocycles. The van der Waals surface area contributed by atoms with E-state index in [1.54, 1.807) is 11.1 Å². The molecule has 26 heavy (non-hydrogen) atoms. The number of likely N-dealkylation sites (tertiary alicyclic amines) is 1. The van der Waals surface area contributed by atoms with E-state index in [-0.39, 0.29) is 5.91 Å². The Balaban J connectivity index is 1.85. The molecule has 2 N–H and O–H groups in total. The second kappa shape index (κ2) is 7.99. The first-order valence-electron chi connectivity index (χ1n) is 8.85. The lowest BCUT2D eigenvalue weighted by Gasteiger charge is -2.30. The van der Waals surface area contributed by atoms with Crippen molar-refractivity contribution >= 4 is 11.9 Å². The van der Waals surface area contributed by atoms with Crippen LogP contribution in [0, 0.1) is 6.92 Å². The summed E-state index contributed by atoms with van der Waals surface area (Å²) in [6.07, 6.45) is 3.17. The Morgan fingerprint density at radius 3 is 2.65 bits per heavy atom. The quantitative estimate of drug-likeness (QED) is 0.898. The van der Waals surface area contributed by atoms with Crippen molar-refractivity contribution in [3.63, 3.8) is 0 Å². The van der Waals surface area contributed by atoms with Gasteiger partial charge in [0.05, 0.1) is 12.2 Å². The molecule has 3 amide bonds. The standard InChI is InChI=1S/C20H24N4O2/c1-15-7-5-11-22-17(15)14-23(13-16-8-3-2-4-9-16)19(25)18-10-6-12-24(18)20(21)26/h2-5,7-9,11,18H,6,10,12-14H2,1H3,(H2,21,26)/t18-/m0/s1. The number of carbonyl (C=O) groups excluding carboxylic acids is 2. The summed E-state index contributed by atoms with van der Waals surface area (Å²) in [5.41, 5.74) is 8.40. The summed E-state index contributed by atoms with van der Waals surface area (Å²) < 4.78 is 0. The van der Waals surface area contributed by atoms with Gasteiger partial charge in [0.2, 0.25) is 5.91 Å². The molecule has 3 rings (SSSR count). The maximum Gasteiger partial charge on any atom is 0.315 e. The molecule has 6 nitrogen and oxygen atoms in total. The van der Waals surface area contributed by atoms with Crippen molar-refractivity contribution in [3.05, 3.63) is 65.5 Å². The van der Waals surface area contributed by atoms with Gasteiger partial charge in [-0.1, -0.05) is 36.4 Å². The van der Waals surface area contributed by atoms with Crippen LogP contribution in [-0.4, -0.2) is 39.3 Å². The number of hydrogen-bond acceptors (Lipinski definition) is 3. The molecule has 0 spiro atoms. The Bertz CT molecular complexity index is 778. The highest BCUT2D eigenvalue weighted by molar-refractivity contribution is 5.87. The fraction of sp³-hybridized carbons (Fsp3) is 0.350. The zero-order valence-corrected chi connectivity index (χ0v) is 15.0. The van der Waals surface area contributed by atoms with Crippen LogP contribution in [0.25, 0.3) is 0 Å². The molecule has 0 aliphatic carbocycles.